The minimum atomic E-state index is -0.432. The lowest BCUT2D eigenvalue weighted by atomic mass is 10.2. The normalized spacial score (nSPS) is 9.65. The number of hydrogen-bond acceptors (Lipinski definition) is 2. The molecule has 0 saturated carbocycles. The number of carbonyl (C=O) groups excluding carboxylic acids is 1. The van der Waals surface area contributed by atoms with Gasteiger partial charge in [-0.2, -0.15) is 0 Å². The van der Waals surface area contributed by atoms with Gasteiger partial charge in [-0.3, -0.25) is 10.7 Å². The van der Waals surface area contributed by atoms with Crippen molar-refractivity contribution in [2.75, 3.05) is 19.4 Å². The summed E-state index contributed by atoms with van der Waals surface area (Å²) in [6, 6.07) is 5.21. The molecule has 0 aromatic heterocycles. The number of rotatable bonds is 1. The largest absolute Gasteiger partial charge is 0.349 e. The van der Waals surface area contributed by atoms with Crippen LogP contribution in [0.5, 0.6) is 0 Å². The molecule has 6 heteroatoms. The Morgan fingerprint density at radius 1 is 1.41 bits per heavy atom. The maximum Gasteiger partial charge on any atom is 0.326 e. The van der Waals surface area contributed by atoms with Crippen LogP contribution in [-0.2, 0) is 0 Å². The SMILES string of the molecule is Cc1cccc(Br)c1NC(=O)NC(=N)N(C)C. The monoisotopic (exact) mass is 298 g/mol. The fraction of sp³-hybridized carbons (Fsp3) is 0.273. The van der Waals surface area contributed by atoms with Gasteiger partial charge in [-0.05, 0) is 34.5 Å². The summed E-state index contributed by atoms with van der Waals surface area (Å²) in [6.07, 6.45) is 0. The lowest BCUT2D eigenvalue weighted by Crippen LogP contribution is -2.41. The number of anilines is 1. The zero-order valence-corrected chi connectivity index (χ0v) is 11.6. The Kier molecular flexibility index (Phi) is 4.51. The molecule has 0 unspecified atom stereocenters. The van der Waals surface area contributed by atoms with Gasteiger partial charge in [0, 0.05) is 18.6 Å². The summed E-state index contributed by atoms with van der Waals surface area (Å²) in [5.41, 5.74) is 1.66. The van der Waals surface area contributed by atoms with Crippen molar-refractivity contribution in [3.05, 3.63) is 28.2 Å². The molecule has 0 aliphatic rings. The lowest BCUT2D eigenvalue weighted by Gasteiger charge is -2.16. The number of nitrogens with one attached hydrogen (secondary N) is 3. The predicted molar refractivity (Wildman–Crippen MR) is 72.4 cm³/mol. The van der Waals surface area contributed by atoms with Gasteiger partial charge < -0.3 is 10.2 Å². The molecule has 0 radical (unpaired) electrons. The molecular weight excluding hydrogens is 284 g/mol. The maximum absolute atomic E-state index is 11.6. The van der Waals surface area contributed by atoms with Gasteiger partial charge in [-0.25, -0.2) is 4.79 Å². The summed E-state index contributed by atoms with van der Waals surface area (Å²) in [5.74, 6) is 0.0345. The Morgan fingerprint density at radius 3 is 2.59 bits per heavy atom. The molecule has 0 atom stereocenters. The quantitative estimate of drug-likeness (QED) is 0.550. The van der Waals surface area contributed by atoms with Gasteiger partial charge in [0.15, 0.2) is 5.96 Å². The van der Waals surface area contributed by atoms with Gasteiger partial charge in [-0.1, -0.05) is 12.1 Å². The molecule has 17 heavy (non-hydrogen) atoms. The van der Waals surface area contributed by atoms with E-state index in [-0.39, 0.29) is 5.96 Å². The minimum absolute atomic E-state index is 0.0345. The van der Waals surface area contributed by atoms with Gasteiger partial charge in [0.2, 0.25) is 0 Å². The molecule has 0 bridgehead atoms. The highest BCUT2D eigenvalue weighted by Crippen LogP contribution is 2.25. The van der Waals surface area contributed by atoms with E-state index in [1.165, 1.54) is 4.90 Å². The Hall–Kier alpha value is -1.56. The number of para-hydroxylation sites is 1. The van der Waals surface area contributed by atoms with Crippen molar-refractivity contribution in [3.63, 3.8) is 0 Å². The summed E-state index contributed by atoms with van der Waals surface area (Å²) in [6.45, 7) is 1.90. The maximum atomic E-state index is 11.6. The Balaban J connectivity index is 2.72. The van der Waals surface area contributed by atoms with E-state index in [0.29, 0.717) is 5.69 Å². The van der Waals surface area contributed by atoms with Crippen LogP contribution in [0.1, 0.15) is 5.56 Å². The molecule has 0 aliphatic heterocycles. The summed E-state index contributed by atoms with van der Waals surface area (Å²) >= 11 is 3.36. The number of hydrogen-bond donors (Lipinski definition) is 3. The van der Waals surface area contributed by atoms with E-state index in [9.17, 15) is 4.79 Å². The molecule has 1 rings (SSSR count). The van der Waals surface area contributed by atoms with E-state index in [1.807, 2.05) is 25.1 Å². The van der Waals surface area contributed by atoms with Gasteiger partial charge in [0.05, 0.1) is 5.69 Å². The zero-order chi connectivity index (χ0) is 13.0. The third kappa shape index (κ3) is 3.74. The standard InChI is InChI=1S/C11H15BrN4O/c1-7-5-4-6-8(12)9(7)14-11(17)15-10(13)16(2)3/h4-6H,1-3H3,(H3,13,14,15,17). The molecule has 1 aromatic rings. The molecule has 1 aromatic carbocycles. The Bertz CT molecular complexity index is 425. The number of benzene rings is 1. The Morgan fingerprint density at radius 2 is 2.06 bits per heavy atom. The summed E-state index contributed by atoms with van der Waals surface area (Å²) < 4.78 is 0.809. The molecule has 0 fully saturated rings. The molecule has 0 aliphatic carbocycles. The van der Waals surface area contributed by atoms with Crippen molar-refractivity contribution < 1.29 is 4.79 Å². The van der Waals surface area contributed by atoms with Crippen LogP contribution in [-0.4, -0.2) is 31.0 Å². The highest BCUT2D eigenvalue weighted by Gasteiger charge is 2.09. The Labute approximate surface area is 109 Å². The topological polar surface area (TPSA) is 68.2 Å². The average Bonchev–Trinajstić information content (AvgIpc) is 2.23. The van der Waals surface area contributed by atoms with Crippen LogP contribution in [0.2, 0.25) is 0 Å². The first-order valence-corrected chi connectivity index (χ1v) is 5.80. The van der Waals surface area contributed by atoms with Crippen LogP contribution in [0.3, 0.4) is 0 Å². The fourth-order valence-electron chi connectivity index (χ4n) is 1.15. The predicted octanol–water partition coefficient (Wildman–Crippen LogP) is 2.38. The van der Waals surface area contributed by atoms with Crippen LogP contribution < -0.4 is 10.6 Å². The number of aryl methyl sites for hydroxylation is 1. The van der Waals surface area contributed by atoms with Gasteiger partial charge in [-0.15, -0.1) is 0 Å². The van der Waals surface area contributed by atoms with Gasteiger partial charge >= 0.3 is 6.03 Å². The molecule has 0 heterocycles. The summed E-state index contributed by atoms with van der Waals surface area (Å²) in [7, 11) is 3.37. The van der Waals surface area contributed by atoms with Crippen molar-refractivity contribution in [2.45, 2.75) is 6.92 Å². The fourth-order valence-corrected chi connectivity index (χ4v) is 1.72. The molecule has 5 nitrogen and oxygen atoms in total. The second kappa shape index (κ2) is 5.67. The highest BCUT2D eigenvalue weighted by atomic mass is 79.9. The van der Waals surface area contributed by atoms with Crippen molar-refractivity contribution >= 4 is 33.6 Å². The highest BCUT2D eigenvalue weighted by molar-refractivity contribution is 9.10. The average molecular weight is 299 g/mol. The van der Waals surface area contributed by atoms with E-state index < -0.39 is 6.03 Å². The number of urea groups is 1. The van der Waals surface area contributed by atoms with E-state index in [0.717, 1.165) is 10.0 Å². The molecule has 0 spiro atoms. The number of guanidine groups is 1. The van der Waals surface area contributed by atoms with Crippen molar-refractivity contribution in [2.24, 2.45) is 0 Å². The van der Waals surface area contributed by atoms with Crippen molar-refractivity contribution in [1.29, 1.82) is 5.41 Å². The number of carbonyl (C=O) groups is 1. The summed E-state index contributed by atoms with van der Waals surface area (Å²) in [5, 5.41) is 12.6. The number of halogens is 1. The van der Waals surface area contributed by atoms with Crippen LogP contribution >= 0.6 is 15.9 Å². The third-order valence-electron chi connectivity index (χ3n) is 2.14. The second-order valence-corrected chi connectivity index (χ2v) is 4.61. The molecule has 92 valence electrons. The third-order valence-corrected chi connectivity index (χ3v) is 2.80. The first-order chi connectivity index (χ1) is 7.91. The molecule has 2 amide bonds. The molecular formula is C11H15BrN4O. The van der Waals surface area contributed by atoms with Gasteiger partial charge in [0.1, 0.15) is 0 Å². The van der Waals surface area contributed by atoms with E-state index in [1.54, 1.807) is 14.1 Å². The van der Waals surface area contributed by atoms with Crippen molar-refractivity contribution in [3.8, 4) is 0 Å². The van der Waals surface area contributed by atoms with Crippen LogP contribution in [0.25, 0.3) is 0 Å². The zero-order valence-electron chi connectivity index (χ0n) is 9.97. The van der Waals surface area contributed by atoms with Crippen LogP contribution in [0.15, 0.2) is 22.7 Å². The van der Waals surface area contributed by atoms with Gasteiger partial charge in [0.25, 0.3) is 0 Å². The minimum Gasteiger partial charge on any atom is -0.349 e. The lowest BCUT2D eigenvalue weighted by molar-refractivity contribution is 0.255. The number of amides is 2. The van der Waals surface area contributed by atoms with Crippen LogP contribution in [0.4, 0.5) is 10.5 Å². The van der Waals surface area contributed by atoms with E-state index >= 15 is 0 Å². The smallest absolute Gasteiger partial charge is 0.326 e. The molecule has 0 saturated heterocycles. The van der Waals surface area contributed by atoms with E-state index in [2.05, 4.69) is 26.6 Å². The summed E-state index contributed by atoms with van der Waals surface area (Å²) in [4.78, 5) is 13.1. The molecule has 3 N–H and O–H groups in total. The first-order valence-electron chi connectivity index (χ1n) is 5.01. The number of nitrogens with zero attached hydrogens (tertiary/aromatic N) is 1. The van der Waals surface area contributed by atoms with E-state index in [4.69, 9.17) is 5.41 Å². The van der Waals surface area contributed by atoms with Crippen molar-refractivity contribution in [1.82, 2.24) is 10.2 Å². The second-order valence-electron chi connectivity index (χ2n) is 3.75. The van der Waals surface area contributed by atoms with Crippen LogP contribution in [0, 0.1) is 12.3 Å². The first kappa shape index (κ1) is 13.5.